The zero-order valence-electron chi connectivity index (χ0n) is 11.6. The van der Waals surface area contributed by atoms with Crippen molar-refractivity contribution in [1.82, 2.24) is 0 Å². The number of thiophene rings is 1. The van der Waals surface area contributed by atoms with Crippen molar-refractivity contribution in [1.29, 1.82) is 0 Å². The smallest absolute Gasteiger partial charge is 0.374 e. The molecule has 2 rings (SSSR count). The molecule has 0 amide bonds. The first-order valence-electron chi connectivity index (χ1n) is 6.02. The molecule has 4 nitrogen and oxygen atoms in total. The fourth-order valence-electron chi connectivity index (χ4n) is 1.67. The third kappa shape index (κ3) is 3.69. The minimum atomic E-state index is -5.93. The van der Waals surface area contributed by atoms with Crippen LogP contribution in [0, 0.1) is 0 Å². The molecule has 0 radical (unpaired) electrons. The molecule has 0 aliphatic rings. The molecular formula is C13H7Cl2F3O4S2. The van der Waals surface area contributed by atoms with E-state index in [1.165, 1.54) is 23.6 Å². The Morgan fingerprint density at radius 2 is 1.83 bits per heavy atom. The van der Waals surface area contributed by atoms with Gasteiger partial charge >= 0.3 is 15.6 Å². The lowest BCUT2D eigenvalue weighted by atomic mass is 10.1. The number of halogens is 5. The largest absolute Gasteiger partial charge is 0.534 e. The van der Waals surface area contributed by atoms with Crippen LogP contribution in [0.4, 0.5) is 13.2 Å². The molecule has 1 aromatic heterocycles. The highest BCUT2D eigenvalue weighted by Crippen LogP contribution is 2.43. The maximum absolute atomic E-state index is 12.6. The van der Waals surface area contributed by atoms with E-state index in [1.54, 1.807) is 0 Å². The predicted molar refractivity (Wildman–Crippen MR) is 85.4 cm³/mol. The van der Waals surface area contributed by atoms with Crippen LogP contribution in [0.1, 0.15) is 17.3 Å². The summed E-state index contributed by atoms with van der Waals surface area (Å²) in [5.74, 6) is -1.34. The van der Waals surface area contributed by atoms with Gasteiger partial charge in [0, 0.05) is 5.38 Å². The van der Waals surface area contributed by atoms with Gasteiger partial charge in [-0.15, -0.1) is 11.3 Å². The molecule has 1 aromatic carbocycles. The summed E-state index contributed by atoms with van der Waals surface area (Å²) < 4.78 is 64.5. The normalized spacial score (nSPS) is 12.2. The summed E-state index contributed by atoms with van der Waals surface area (Å²) in [6, 6.07) is 4.12. The van der Waals surface area contributed by atoms with Crippen molar-refractivity contribution >= 4 is 50.4 Å². The molecule has 0 aliphatic heterocycles. The topological polar surface area (TPSA) is 60.4 Å². The van der Waals surface area contributed by atoms with Crippen molar-refractivity contribution in [2.45, 2.75) is 12.4 Å². The van der Waals surface area contributed by atoms with Gasteiger partial charge < -0.3 is 4.18 Å². The van der Waals surface area contributed by atoms with Crippen molar-refractivity contribution in [2.75, 3.05) is 0 Å². The SMILES string of the molecule is CC(=O)c1csc(-c2ccc(Cl)c(Cl)c2)c1OS(=O)(=O)C(F)(F)F. The number of benzene rings is 1. The molecule has 0 N–H and O–H groups in total. The van der Waals surface area contributed by atoms with Gasteiger partial charge in [-0.2, -0.15) is 21.6 Å². The summed E-state index contributed by atoms with van der Waals surface area (Å²) in [7, 11) is -5.93. The average Bonchev–Trinajstić information content (AvgIpc) is 2.83. The quantitative estimate of drug-likeness (QED) is 0.391. The molecule has 0 saturated heterocycles. The lowest BCUT2D eigenvalue weighted by molar-refractivity contribution is -0.0500. The van der Waals surface area contributed by atoms with Gasteiger partial charge in [0.2, 0.25) is 0 Å². The van der Waals surface area contributed by atoms with Crippen molar-refractivity contribution < 1.29 is 30.6 Å². The highest BCUT2D eigenvalue weighted by molar-refractivity contribution is 7.88. The zero-order valence-corrected chi connectivity index (χ0v) is 14.8. The first kappa shape index (κ1) is 19.0. The first-order chi connectivity index (χ1) is 10.9. The molecule has 1 heterocycles. The van der Waals surface area contributed by atoms with Gasteiger partial charge in [0.1, 0.15) is 0 Å². The Bertz CT molecular complexity index is 904. The maximum atomic E-state index is 12.6. The Morgan fingerprint density at radius 3 is 2.33 bits per heavy atom. The van der Waals surface area contributed by atoms with Crippen LogP contribution in [0.2, 0.25) is 10.0 Å². The van der Waals surface area contributed by atoms with Gasteiger partial charge in [0.05, 0.1) is 20.5 Å². The Balaban J connectivity index is 2.63. The molecule has 24 heavy (non-hydrogen) atoms. The molecular weight excluding hydrogens is 412 g/mol. The van der Waals surface area contributed by atoms with Crippen LogP contribution in [0.25, 0.3) is 10.4 Å². The third-order valence-electron chi connectivity index (χ3n) is 2.78. The standard InChI is InChI=1S/C13H7Cl2F3O4S2/c1-6(19)8-5-23-12(7-2-3-9(14)10(15)4-7)11(8)22-24(20,21)13(16,17)18/h2-5H,1H3. The van der Waals surface area contributed by atoms with Crippen LogP contribution in [0.3, 0.4) is 0 Å². The number of carbonyl (C=O) groups is 1. The molecule has 11 heteroatoms. The Morgan fingerprint density at radius 1 is 1.21 bits per heavy atom. The summed E-state index contributed by atoms with van der Waals surface area (Å²) in [5, 5.41) is 1.52. The van der Waals surface area contributed by atoms with Gasteiger partial charge in [-0.1, -0.05) is 29.3 Å². The van der Waals surface area contributed by atoms with Crippen molar-refractivity contribution in [3.8, 4) is 16.2 Å². The number of alkyl halides is 3. The van der Waals surface area contributed by atoms with Crippen LogP contribution in [-0.4, -0.2) is 19.7 Å². The van der Waals surface area contributed by atoms with E-state index < -0.39 is 27.2 Å². The molecule has 0 spiro atoms. The molecule has 0 aliphatic carbocycles. The van der Waals surface area contributed by atoms with E-state index in [-0.39, 0.29) is 26.0 Å². The summed E-state index contributed by atoms with van der Waals surface area (Å²) in [4.78, 5) is 11.6. The Kier molecular flexibility index (Phi) is 5.19. The molecule has 0 fully saturated rings. The number of hydrogen-bond donors (Lipinski definition) is 0. The van der Waals surface area contributed by atoms with E-state index in [0.29, 0.717) is 0 Å². The zero-order chi connectivity index (χ0) is 18.3. The number of carbonyl (C=O) groups excluding carboxylic acids is 1. The van der Waals surface area contributed by atoms with E-state index in [4.69, 9.17) is 23.2 Å². The molecule has 0 atom stereocenters. The highest BCUT2D eigenvalue weighted by atomic mass is 35.5. The second kappa shape index (κ2) is 6.55. The van der Waals surface area contributed by atoms with Gasteiger partial charge in [0.25, 0.3) is 0 Å². The predicted octanol–water partition coefficient (Wildman–Crippen LogP) is 5.15. The number of rotatable bonds is 4. The van der Waals surface area contributed by atoms with Gasteiger partial charge in [0.15, 0.2) is 11.5 Å². The molecule has 0 unspecified atom stereocenters. The van der Waals surface area contributed by atoms with E-state index >= 15 is 0 Å². The number of hydrogen-bond acceptors (Lipinski definition) is 5. The minimum Gasteiger partial charge on any atom is -0.374 e. The molecule has 0 saturated carbocycles. The van der Waals surface area contributed by atoms with Gasteiger partial charge in [-0.05, 0) is 24.6 Å². The van der Waals surface area contributed by atoms with Crippen LogP contribution >= 0.6 is 34.5 Å². The van der Waals surface area contributed by atoms with E-state index in [2.05, 4.69) is 4.18 Å². The van der Waals surface area contributed by atoms with Crippen LogP contribution in [0.15, 0.2) is 23.6 Å². The number of Topliss-reactive ketones (excluding diaryl/α,β-unsaturated/α-hetero) is 1. The van der Waals surface area contributed by atoms with E-state index in [1.807, 2.05) is 0 Å². The monoisotopic (exact) mass is 418 g/mol. The number of ketones is 1. The molecule has 0 bridgehead atoms. The van der Waals surface area contributed by atoms with Crippen molar-refractivity contribution in [3.05, 3.63) is 39.2 Å². The third-order valence-corrected chi connectivity index (χ3v) is 5.49. The lowest BCUT2D eigenvalue weighted by Gasteiger charge is -2.11. The lowest BCUT2D eigenvalue weighted by Crippen LogP contribution is -2.28. The summed E-state index contributed by atoms with van der Waals surface area (Å²) in [6.45, 7) is 1.08. The second-order valence-corrected chi connectivity index (χ2v) is 7.71. The summed E-state index contributed by atoms with van der Waals surface area (Å²) in [5.41, 5.74) is -5.65. The fraction of sp³-hybridized carbons (Fsp3) is 0.154. The van der Waals surface area contributed by atoms with E-state index in [0.717, 1.165) is 18.3 Å². The van der Waals surface area contributed by atoms with Gasteiger partial charge in [-0.3, -0.25) is 4.79 Å². The average molecular weight is 419 g/mol. The highest BCUT2D eigenvalue weighted by Gasteiger charge is 2.49. The van der Waals surface area contributed by atoms with E-state index in [9.17, 15) is 26.4 Å². The summed E-state index contributed by atoms with van der Waals surface area (Å²) in [6.07, 6.45) is 0. The Labute approximate surface area is 148 Å². The minimum absolute atomic E-state index is 0.00610. The molecule has 130 valence electrons. The molecule has 2 aromatic rings. The van der Waals surface area contributed by atoms with Gasteiger partial charge in [-0.25, -0.2) is 0 Å². The van der Waals surface area contributed by atoms with Crippen LogP contribution in [0.5, 0.6) is 5.75 Å². The van der Waals surface area contributed by atoms with Crippen LogP contribution in [-0.2, 0) is 10.1 Å². The first-order valence-corrected chi connectivity index (χ1v) is 9.07. The van der Waals surface area contributed by atoms with Crippen LogP contribution < -0.4 is 4.18 Å². The maximum Gasteiger partial charge on any atom is 0.534 e. The fourth-order valence-corrected chi connectivity index (χ4v) is 3.53. The van der Waals surface area contributed by atoms with Crippen molar-refractivity contribution in [3.63, 3.8) is 0 Å². The second-order valence-electron chi connectivity index (χ2n) is 4.48. The summed E-state index contributed by atoms with van der Waals surface area (Å²) >= 11 is 12.5. The van der Waals surface area contributed by atoms with Crippen molar-refractivity contribution in [2.24, 2.45) is 0 Å². The Hall–Kier alpha value is -1.29.